The number of benzene rings is 1. The van der Waals surface area contributed by atoms with Gasteiger partial charge in [0.15, 0.2) is 11.5 Å². The normalized spacial score (nSPS) is 9.53. The molecule has 0 saturated heterocycles. The predicted octanol–water partition coefficient (Wildman–Crippen LogP) is 2.89. The second-order valence-corrected chi connectivity index (χ2v) is 3.54. The molecule has 0 aromatic heterocycles. The zero-order chi connectivity index (χ0) is 11.6. The van der Waals surface area contributed by atoms with E-state index in [4.69, 9.17) is 9.47 Å². The Bertz CT molecular complexity index is 295. The summed E-state index contributed by atoms with van der Waals surface area (Å²) in [5.41, 5.74) is 0. The molecule has 0 atom stereocenters. The van der Waals surface area contributed by atoms with Crippen LogP contribution in [0.25, 0.3) is 0 Å². The molecule has 0 aliphatic heterocycles. The Hall–Kier alpha value is -0.930. The second-order valence-electron chi connectivity index (χ2n) is 3.54. The highest BCUT2D eigenvalue weighted by Gasteiger charge is 2.02. The number of ether oxygens (including phenoxy) is 2. The zero-order valence-electron chi connectivity index (χ0n) is 10.6. The topological polar surface area (TPSA) is 30.5 Å². The smallest absolute Gasteiger partial charge is 0.161 e. The number of rotatable bonds is 8. The van der Waals surface area contributed by atoms with Gasteiger partial charge >= 0.3 is 0 Å². The first-order valence-electron chi connectivity index (χ1n) is 5.87. The van der Waals surface area contributed by atoms with Gasteiger partial charge in [-0.15, -0.1) is 12.4 Å². The van der Waals surface area contributed by atoms with Crippen molar-refractivity contribution in [2.75, 3.05) is 26.8 Å². The molecule has 0 spiro atoms. The summed E-state index contributed by atoms with van der Waals surface area (Å²) in [7, 11) is 1.96. The Balaban J connectivity index is 0.00000256. The fraction of sp³-hybridized carbons (Fsp3) is 0.538. The van der Waals surface area contributed by atoms with Crippen LogP contribution >= 0.6 is 12.4 Å². The SMILES string of the molecule is CCOc1ccccc1OCCCCNC.Cl. The molecule has 1 N–H and O–H groups in total. The fourth-order valence-electron chi connectivity index (χ4n) is 1.43. The molecule has 0 heterocycles. The molecule has 0 amide bonds. The summed E-state index contributed by atoms with van der Waals surface area (Å²) >= 11 is 0. The lowest BCUT2D eigenvalue weighted by Crippen LogP contribution is -2.09. The van der Waals surface area contributed by atoms with Crippen LogP contribution in [0, 0.1) is 0 Å². The Morgan fingerprint density at radius 3 is 2.29 bits per heavy atom. The van der Waals surface area contributed by atoms with Gasteiger partial charge in [-0.3, -0.25) is 0 Å². The minimum atomic E-state index is 0. The Labute approximate surface area is 110 Å². The van der Waals surface area contributed by atoms with Gasteiger partial charge in [0.05, 0.1) is 13.2 Å². The standard InChI is InChI=1S/C13H21NO2.ClH/c1-3-15-12-8-4-5-9-13(12)16-11-7-6-10-14-2;/h4-5,8-9,14H,3,6-7,10-11H2,1-2H3;1H. The Morgan fingerprint density at radius 1 is 1.06 bits per heavy atom. The van der Waals surface area contributed by atoms with E-state index < -0.39 is 0 Å². The highest BCUT2D eigenvalue weighted by molar-refractivity contribution is 5.85. The van der Waals surface area contributed by atoms with Gasteiger partial charge in [-0.1, -0.05) is 12.1 Å². The van der Waals surface area contributed by atoms with Crippen molar-refractivity contribution in [2.45, 2.75) is 19.8 Å². The fourth-order valence-corrected chi connectivity index (χ4v) is 1.43. The Morgan fingerprint density at radius 2 is 1.71 bits per heavy atom. The number of para-hydroxylation sites is 2. The largest absolute Gasteiger partial charge is 0.490 e. The zero-order valence-corrected chi connectivity index (χ0v) is 11.4. The molecule has 1 aromatic carbocycles. The van der Waals surface area contributed by atoms with Crippen LogP contribution in [0.2, 0.25) is 0 Å². The van der Waals surface area contributed by atoms with E-state index in [1.165, 1.54) is 0 Å². The van der Waals surface area contributed by atoms with Crippen molar-refractivity contribution < 1.29 is 9.47 Å². The van der Waals surface area contributed by atoms with Crippen molar-refractivity contribution in [3.8, 4) is 11.5 Å². The van der Waals surface area contributed by atoms with Crippen LogP contribution in [0.4, 0.5) is 0 Å². The van der Waals surface area contributed by atoms with Crippen LogP contribution in [0.1, 0.15) is 19.8 Å². The van der Waals surface area contributed by atoms with Gasteiger partial charge in [-0.25, -0.2) is 0 Å². The monoisotopic (exact) mass is 259 g/mol. The minimum absolute atomic E-state index is 0. The summed E-state index contributed by atoms with van der Waals surface area (Å²) < 4.78 is 11.2. The van der Waals surface area contributed by atoms with E-state index in [1.54, 1.807) is 0 Å². The van der Waals surface area contributed by atoms with Crippen molar-refractivity contribution in [1.82, 2.24) is 5.32 Å². The van der Waals surface area contributed by atoms with E-state index in [0.29, 0.717) is 6.61 Å². The van der Waals surface area contributed by atoms with Gasteiger partial charge in [0.25, 0.3) is 0 Å². The lowest BCUT2D eigenvalue weighted by atomic mass is 10.3. The average Bonchev–Trinajstić information content (AvgIpc) is 2.31. The summed E-state index contributed by atoms with van der Waals surface area (Å²) in [6.07, 6.45) is 2.19. The molecule has 98 valence electrons. The van der Waals surface area contributed by atoms with E-state index >= 15 is 0 Å². The van der Waals surface area contributed by atoms with Crippen molar-refractivity contribution in [3.63, 3.8) is 0 Å². The quantitative estimate of drug-likeness (QED) is 0.729. The predicted molar refractivity (Wildman–Crippen MR) is 73.5 cm³/mol. The van der Waals surface area contributed by atoms with E-state index in [2.05, 4.69) is 5.32 Å². The lowest BCUT2D eigenvalue weighted by molar-refractivity contribution is 0.271. The van der Waals surface area contributed by atoms with E-state index in [9.17, 15) is 0 Å². The maximum atomic E-state index is 5.68. The van der Waals surface area contributed by atoms with Crippen LogP contribution in [-0.2, 0) is 0 Å². The maximum Gasteiger partial charge on any atom is 0.161 e. The average molecular weight is 260 g/mol. The van der Waals surface area contributed by atoms with Gasteiger partial charge < -0.3 is 14.8 Å². The molecule has 3 nitrogen and oxygen atoms in total. The first-order chi connectivity index (χ1) is 7.88. The van der Waals surface area contributed by atoms with Crippen LogP contribution in [0.15, 0.2) is 24.3 Å². The molecule has 17 heavy (non-hydrogen) atoms. The Kier molecular flexibility index (Phi) is 9.68. The van der Waals surface area contributed by atoms with Gasteiger partial charge in [-0.05, 0) is 45.5 Å². The molecule has 0 radical (unpaired) electrons. The van der Waals surface area contributed by atoms with Crippen LogP contribution in [0.3, 0.4) is 0 Å². The highest BCUT2D eigenvalue weighted by atomic mass is 35.5. The summed E-state index contributed by atoms with van der Waals surface area (Å²) in [5, 5.41) is 3.12. The summed E-state index contributed by atoms with van der Waals surface area (Å²) in [4.78, 5) is 0. The molecular formula is C13H22ClNO2. The van der Waals surface area contributed by atoms with Crippen molar-refractivity contribution in [3.05, 3.63) is 24.3 Å². The van der Waals surface area contributed by atoms with E-state index in [1.807, 2.05) is 38.2 Å². The maximum absolute atomic E-state index is 5.68. The molecule has 0 aliphatic rings. The van der Waals surface area contributed by atoms with Gasteiger partial charge in [-0.2, -0.15) is 0 Å². The van der Waals surface area contributed by atoms with Gasteiger partial charge in [0.1, 0.15) is 0 Å². The second kappa shape index (κ2) is 10.2. The molecule has 1 rings (SSSR count). The molecular weight excluding hydrogens is 238 g/mol. The lowest BCUT2D eigenvalue weighted by Gasteiger charge is -2.11. The van der Waals surface area contributed by atoms with E-state index in [0.717, 1.165) is 37.5 Å². The third-order valence-electron chi connectivity index (χ3n) is 2.23. The number of unbranched alkanes of at least 4 members (excludes halogenated alkanes) is 1. The highest BCUT2D eigenvalue weighted by Crippen LogP contribution is 2.26. The van der Waals surface area contributed by atoms with Crippen LogP contribution in [-0.4, -0.2) is 26.8 Å². The van der Waals surface area contributed by atoms with Crippen LogP contribution in [0.5, 0.6) is 11.5 Å². The third-order valence-corrected chi connectivity index (χ3v) is 2.23. The first kappa shape index (κ1) is 16.1. The molecule has 4 heteroatoms. The first-order valence-corrected chi connectivity index (χ1v) is 5.87. The molecule has 0 saturated carbocycles. The third kappa shape index (κ3) is 6.39. The number of nitrogens with one attached hydrogen (secondary N) is 1. The summed E-state index contributed by atoms with van der Waals surface area (Å²) in [5.74, 6) is 1.67. The van der Waals surface area contributed by atoms with Crippen LogP contribution < -0.4 is 14.8 Å². The molecule has 0 fully saturated rings. The number of halogens is 1. The van der Waals surface area contributed by atoms with Gasteiger partial charge in [0.2, 0.25) is 0 Å². The minimum Gasteiger partial charge on any atom is -0.490 e. The summed E-state index contributed by atoms with van der Waals surface area (Å²) in [6.45, 7) is 4.42. The van der Waals surface area contributed by atoms with Crippen molar-refractivity contribution in [1.29, 1.82) is 0 Å². The molecule has 0 bridgehead atoms. The van der Waals surface area contributed by atoms with Crippen molar-refractivity contribution >= 4 is 12.4 Å². The number of hydrogen-bond acceptors (Lipinski definition) is 3. The van der Waals surface area contributed by atoms with Crippen molar-refractivity contribution in [2.24, 2.45) is 0 Å². The number of hydrogen-bond donors (Lipinski definition) is 1. The molecule has 0 aliphatic carbocycles. The van der Waals surface area contributed by atoms with Gasteiger partial charge in [0, 0.05) is 0 Å². The molecule has 1 aromatic rings. The molecule has 0 unspecified atom stereocenters. The van der Waals surface area contributed by atoms with E-state index in [-0.39, 0.29) is 12.4 Å². The summed E-state index contributed by atoms with van der Waals surface area (Å²) in [6, 6.07) is 7.81.